The molecule has 0 saturated carbocycles. The van der Waals surface area contributed by atoms with Gasteiger partial charge in [-0.25, -0.2) is 4.98 Å². The Balaban J connectivity index is 2.29. The zero-order valence-electron chi connectivity index (χ0n) is 12.6. The zero-order chi connectivity index (χ0) is 14.4. The van der Waals surface area contributed by atoms with Gasteiger partial charge in [-0.1, -0.05) is 51.1 Å². The molecule has 0 amide bonds. The molecule has 2 aromatic rings. The van der Waals surface area contributed by atoms with Crippen molar-refractivity contribution in [1.82, 2.24) is 10.3 Å². The summed E-state index contributed by atoms with van der Waals surface area (Å²) in [5.41, 5.74) is 2.48. The summed E-state index contributed by atoms with van der Waals surface area (Å²) in [5.74, 6) is 0.544. The van der Waals surface area contributed by atoms with Crippen LogP contribution in [0.3, 0.4) is 0 Å². The first kappa shape index (κ1) is 15.2. The third kappa shape index (κ3) is 3.68. The lowest BCUT2D eigenvalue weighted by Crippen LogP contribution is -2.14. The van der Waals surface area contributed by atoms with E-state index in [4.69, 9.17) is 4.98 Å². The monoisotopic (exact) mass is 288 g/mol. The number of nitrogens with one attached hydrogen (secondary N) is 1. The molecule has 0 spiro atoms. The zero-order valence-corrected chi connectivity index (χ0v) is 13.5. The maximum Gasteiger partial charge on any atom is 0.0963 e. The minimum absolute atomic E-state index is 0.544. The van der Waals surface area contributed by atoms with E-state index in [1.807, 2.05) is 11.3 Å². The molecular weight excluding hydrogens is 264 g/mol. The Hall–Kier alpha value is -1.19. The molecule has 0 aliphatic heterocycles. The Morgan fingerprint density at radius 3 is 2.60 bits per heavy atom. The van der Waals surface area contributed by atoms with Crippen molar-refractivity contribution in [3.05, 3.63) is 41.0 Å². The average molecular weight is 288 g/mol. The molecule has 3 heteroatoms. The topological polar surface area (TPSA) is 24.9 Å². The quantitative estimate of drug-likeness (QED) is 0.739. The molecule has 0 aliphatic rings. The summed E-state index contributed by atoms with van der Waals surface area (Å²) in [6.07, 6.45) is 2.30. The summed E-state index contributed by atoms with van der Waals surface area (Å²) in [7, 11) is 0. The van der Waals surface area contributed by atoms with E-state index in [0.29, 0.717) is 5.92 Å². The van der Waals surface area contributed by atoms with Crippen LogP contribution in [0.2, 0.25) is 0 Å². The lowest BCUT2D eigenvalue weighted by Gasteiger charge is -2.03. The van der Waals surface area contributed by atoms with E-state index in [0.717, 1.165) is 25.9 Å². The molecule has 108 valence electrons. The van der Waals surface area contributed by atoms with Gasteiger partial charge in [0.2, 0.25) is 0 Å². The molecular formula is C17H24N2S. The minimum Gasteiger partial charge on any atom is -0.311 e. The molecule has 1 aromatic heterocycles. The predicted molar refractivity (Wildman–Crippen MR) is 88.3 cm³/mol. The molecule has 1 atom stereocenters. The smallest absolute Gasteiger partial charge is 0.0963 e. The largest absolute Gasteiger partial charge is 0.311 e. The second kappa shape index (κ2) is 7.55. The lowest BCUT2D eigenvalue weighted by molar-refractivity contribution is 0.659. The van der Waals surface area contributed by atoms with Crippen LogP contribution in [0.5, 0.6) is 0 Å². The molecule has 0 saturated heterocycles. The van der Waals surface area contributed by atoms with Gasteiger partial charge in [0.25, 0.3) is 0 Å². The van der Waals surface area contributed by atoms with Gasteiger partial charge >= 0.3 is 0 Å². The molecule has 2 nitrogen and oxygen atoms in total. The summed E-state index contributed by atoms with van der Waals surface area (Å²) in [6.45, 7) is 8.59. The Labute approximate surface area is 126 Å². The first-order valence-electron chi connectivity index (χ1n) is 7.52. The van der Waals surface area contributed by atoms with Crippen LogP contribution in [0.4, 0.5) is 0 Å². The fourth-order valence-corrected chi connectivity index (χ4v) is 3.30. The predicted octanol–water partition coefficient (Wildman–Crippen LogP) is 4.82. The molecule has 1 heterocycles. The summed E-state index contributed by atoms with van der Waals surface area (Å²) in [6, 6.07) is 10.6. The Morgan fingerprint density at radius 1 is 1.20 bits per heavy atom. The van der Waals surface area contributed by atoms with E-state index < -0.39 is 0 Å². The summed E-state index contributed by atoms with van der Waals surface area (Å²) in [5, 5.41) is 4.74. The third-order valence-corrected chi connectivity index (χ3v) is 4.88. The number of hydrogen-bond donors (Lipinski definition) is 1. The number of thiazole rings is 1. The van der Waals surface area contributed by atoms with Gasteiger partial charge in [0.05, 0.1) is 15.6 Å². The number of nitrogens with zero attached hydrogens (tertiary/aromatic N) is 1. The first-order valence-corrected chi connectivity index (χ1v) is 8.33. The normalized spacial score (nSPS) is 12.6. The van der Waals surface area contributed by atoms with Crippen molar-refractivity contribution in [1.29, 1.82) is 0 Å². The van der Waals surface area contributed by atoms with Crippen molar-refractivity contribution in [3.63, 3.8) is 0 Å². The lowest BCUT2D eigenvalue weighted by atomic mass is 10.1. The standard InChI is InChI=1S/C17H24N2S/c1-4-11-18-12-15-16(14-9-7-6-8-10-14)20-17(19-15)13(3)5-2/h6-10,13,18H,4-5,11-12H2,1-3H3. The van der Waals surface area contributed by atoms with Crippen molar-refractivity contribution in [2.75, 3.05) is 6.54 Å². The molecule has 20 heavy (non-hydrogen) atoms. The maximum absolute atomic E-state index is 4.89. The number of rotatable bonds is 7. The van der Waals surface area contributed by atoms with Crippen molar-refractivity contribution < 1.29 is 0 Å². The van der Waals surface area contributed by atoms with Gasteiger partial charge in [-0.15, -0.1) is 11.3 Å². The van der Waals surface area contributed by atoms with E-state index in [1.165, 1.54) is 21.1 Å². The SMILES string of the molecule is CCCNCc1nc(C(C)CC)sc1-c1ccccc1. The fourth-order valence-electron chi connectivity index (χ4n) is 2.07. The van der Waals surface area contributed by atoms with E-state index in [1.54, 1.807) is 0 Å². The first-order chi connectivity index (χ1) is 9.76. The third-order valence-electron chi connectivity index (χ3n) is 3.50. The van der Waals surface area contributed by atoms with E-state index in [2.05, 4.69) is 56.4 Å². The fraction of sp³-hybridized carbons (Fsp3) is 0.471. The van der Waals surface area contributed by atoms with Crippen molar-refractivity contribution >= 4 is 11.3 Å². The average Bonchev–Trinajstić information content (AvgIpc) is 2.92. The molecule has 1 aromatic carbocycles. The van der Waals surface area contributed by atoms with Gasteiger partial charge in [-0.3, -0.25) is 0 Å². The molecule has 2 rings (SSSR count). The van der Waals surface area contributed by atoms with Crippen LogP contribution in [0.1, 0.15) is 50.2 Å². The molecule has 0 fully saturated rings. The molecule has 1 N–H and O–H groups in total. The van der Waals surface area contributed by atoms with Crippen LogP contribution in [-0.4, -0.2) is 11.5 Å². The van der Waals surface area contributed by atoms with Crippen LogP contribution in [0.15, 0.2) is 30.3 Å². The number of hydrogen-bond acceptors (Lipinski definition) is 3. The highest BCUT2D eigenvalue weighted by atomic mass is 32.1. The number of aromatic nitrogens is 1. The maximum atomic E-state index is 4.89. The van der Waals surface area contributed by atoms with Crippen molar-refractivity contribution in [2.45, 2.75) is 46.1 Å². The highest BCUT2D eigenvalue weighted by molar-refractivity contribution is 7.15. The van der Waals surface area contributed by atoms with Gasteiger partial charge in [-0.05, 0) is 24.9 Å². The van der Waals surface area contributed by atoms with Gasteiger partial charge < -0.3 is 5.32 Å². The van der Waals surface area contributed by atoms with Gasteiger partial charge in [0.15, 0.2) is 0 Å². The molecule has 0 radical (unpaired) electrons. The van der Waals surface area contributed by atoms with E-state index in [9.17, 15) is 0 Å². The Kier molecular flexibility index (Phi) is 5.74. The highest BCUT2D eigenvalue weighted by Crippen LogP contribution is 2.34. The number of benzene rings is 1. The minimum atomic E-state index is 0.544. The van der Waals surface area contributed by atoms with E-state index in [-0.39, 0.29) is 0 Å². The molecule has 1 unspecified atom stereocenters. The van der Waals surface area contributed by atoms with Crippen LogP contribution in [-0.2, 0) is 6.54 Å². The van der Waals surface area contributed by atoms with Crippen molar-refractivity contribution in [2.24, 2.45) is 0 Å². The van der Waals surface area contributed by atoms with Crippen LogP contribution in [0, 0.1) is 0 Å². The van der Waals surface area contributed by atoms with E-state index >= 15 is 0 Å². The molecule has 0 aliphatic carbocycles. The Morgan fingerprint density at radius 2 is 1.95 bits per heavy atom. The summed E-state index contributed by atoms with van der Waals surface area (Å²) in [4.78, 5) is 6.21. The van der Waals surface area contributed by atoms with Gasteiger partial charge in [-0.2, -0.15) is 0 Å². The second-order valence-corrected chi connectivity index (χ2v) is 6.21. The van der Waals surface area contributed by atoms with Crippen molar-refractivity contribution in [3.8, 4) is 10.4 Å². The highest BCUT2D eigenvalue weighted by Gasteiger charge is 2.15. The van der Waals surface area contributed by atoms with Gasteiger partial charge in [0, 0.05) is 12.5 Å². The summed E-state index contributed by atoms with van der Waals surface area (Å²) >= 11 is 1.85. The van der Waals surface area contributed by atoms with Crippen LogP contribution in [0.25, 0.3) is 10.4 Å². The second-order valence-electron chi connectivity index (χ2n) is 5.18. The summed E-state index contributed by atoms with van der Waals surface area (Å²) < 4.78 is 0. The van der Waals surface area contributed by atoms with Gasteiger partial charge in [0.1, 0.15) is 0 Å². The van der Waals surface area contributed by atoms with Crippen LogP contribution >= 0.6 is 11.3 Å². The Bertz CT molecular complexity index is 519. The van der Waals surface area contributed by atoms with Crippen LogP contribution < -0.4 is 5.32 Å². The molecule has 0 bridgehead atoms.